The van der Waals surface area contributed by atoms with E-state index in [0.717, 1.165) is 49.2 Å². The van der Waals surface area contributed by atoms with Gasteiger partial charge in [-0.25, -0.2) is 0 Å². The Balaban J connectivity index is 1.56. The molecule has 2 N–H and O–H groups in total. The number of hydrogen-bond donors (Lipinski definition) is 2. The summed E-state index contributed by atoms with van der Waals surface area (Å²) in [6, 6.07) is 13.9. The second kappa shape index (κ2) is 6.70. The maximum atomic E-state index is 12.2. The molecule has 1 aliphatic rings. The lowest BCUT2D eigenvalue weighted by molar-refractivity contribution is -0.906. The van der Waals surface area contributed by atoms with E-state index in [0.29, 0.717) is 6.54 Å². The fourth-order valence-electron chi connectivity index (χ4n) is 2.70. The number of quaternary nitrogens is 1. The summed E-state index contributed by atoms with van der Waals surface area (Å²) in [6.07, 6.45) is 0. The minimum absolute atomic E-state index is 0.00779. The van der Waals surface area contributed by atoms with Crippen molar-refractivity contribution in [3.8, 4) is 0 Å². The van der Waals surface area contributed by atoms with Crippen LogP contribution in [0.15, 0.2) is 42.5 Å². The Kier molecular flexibility index (Phi) is 4.48. The molecule has 110 valence electrons. The Morgan fingerprint density at radius 1 is 1.10 bits per heavy atom. The molecule has 1 saturated heterocycles. The molecule has 2 aromatic carbocycles. The van der Waals surface area contributed by atoms with Crippen LogP contribution in [0.3, 0.4) is 0 Å². The maximum Gasteiger partial charge on any atom is 0.251 e. The molecule has 1 amide bonds. The largest absolute Gasteiger partial charge is 0.370 e. The van der Waals surface area contributed by atoms with Gasteiger partial charge in [-0.2, -0.15) is 0 Å². The first-order valence-electron chi connectivity index (χ1n) is 7.51. The number of hydrogen-bond acceptors (Lipinski definition) is 2. The van der Waals surface area contributed by atoms with Crippen molar-refractivity contribution in [3.63, 3.8) is 0 Å². The van der Waals surface area contributed by atoms with Gasteiger partial charge < -0.3 is 15.0 Å². The molecular weight excluding hydrogens is 264 g/mol. The summed E-state index contributed by atoms with van der Waals surface area (Å²) in [6.45, 7) is 5.39. The Hall–Kier alpha value is -1.91. The van der Waals surface area contributed by atoms with E-state index in [2.05, 4.69) is 11.4 Å². The van der Waals surface area contributed by atoms with E-state index in [1.807, 2.05) is 36.4 Å². The van der Waals surface area contributed by atoms with Crippen LogP contribution in [-0.2, 0) is 4.74 Å². The zero-order valence-corrected chi connectivity index (χ0v) is 12.1. The summed E-state index contributed by atoms with van der Waals surface area (Å²) >= 11 is 0. The van der Waals surface area contributed by atoms with E-state index >= 15 is 0 Å². The number of carbonyl (C=O) groups is 1. The highest BCUT2D eigenvalue weighted by atomic mass is 16.5. The van der Waals surface area contributed by atoms with Crippen molar-refractivity contribution < 1.29 is 14.4 Å². The predicted molar refractivity (Wildman–Crippen MR) is 82.7 cm³/mol. The number of benzene rings is 2. The molecule has 1 aliphatic heterocycles. The fourth-order valence-corrected chi connectivity index (χ4v) is 2.70. The van der Waals surface area contributed by atoms with E-state index in [9.17, 15) is 4.79 Å². The third-order valence-electron chi connectivity index (χ3n) is 3.98. The number of rotatable bonds is 4. The van der Waals surface area contributed by atoms with Crippen molar-refractivity contribution in [1.82, 2.24) is 5.32 Å². The molecule has 0 radical (unpaired) electrons. The Morgan fingerprint density at radius 3 is 2.67 bits per heavy atom. The second-order valence-corrected chi connectivity index (χ2v) is 5.43. The zero-order chi connectivity index (χ0) is 14.5. The van der Waals surface area contributed by atoms with Gasteiger partial charge in [0, 0.05) is 5.56 Å². The number of nitrogens with one attached hydrogen (secondary N) is 2. The van der Waals surface area contributed by atoms with Gasteiger partial charge in [-0.3, -0.25) is 4.79 Å². The average Bonchev–Trinajstić information content (AvgIpc) is 2.55. The minimum atomic E-state index is 0.00779. The molecule has 21 heavy (non-hydrogen) atoms. The van der Waals surface area contributed by atoms with Crippen molar-refractivity contribution >= 4 is 16.7 Å². The van der Waals surface area contributed by atoms with Gasteiger partial charge in [0.1, 0.15) is 13.1 Å². The molecule has 4 heteroatoms. The van der Waals surface area contributed by atoms with Gasteiger partial charge in [0.25, 0.3) is 5.91 Å². The Bertz CT molecular complexity index is 621. The number of carbonyl (C=O) groups excluding carboxylic acids is 1. The van der Waals surface area contributed by atoms with Crippen LogP contribution in [-0.4, -0.2) is 45.3 Å². The SMILES string of the molecule is O=C(NCC[NH+]1CCOCC1)c1ccc2ccccc2c1. The van der Waals surface area contributed by atoms with Crippen LogP contribution in [0.4, 0.5) is 0 Å². The molecule has 0 atom stereocenters. The third kappa shape index (κ3) is 3.60. The van der Waals surface area contributed by atoms with E-state index in [4.69, 9.17) is 4.74 Å². The molecule has 3 rings (SSSR count). The quantitative estimate of drug-likeness (QED) is 0.858. The molecule has 4 nitrogen and oxygen atoms in total. The molecule has 0 aliphatic carbocycles. The second-order valence-electron chi connectivity index (χ2n) is 5.43. The summed E-state index contributed by atoms with van der Waals surface area (Å²) in [5.41, 5.74) is 0.727. The van der Waals surface area contributed by atoms with E-state index < -0.39 is 0 Å². The van der Waals surface area contributed by atoms with Crippen molar-refractivity contribution in [2.24, 2.45) is 0 Å². The number of ether oxygens (including phenoxy) is 1. The number of morpholine rings is 1. The molecule has 0 saturated carbocycles. The highest BCUT2D eigenvalue weighted by molar-refractivity contribution is 5.98. The smallest absolute Gasteiger partial charge is 0.251 e. The van der Waals surface area contributed by atoms with Crippen LogP contribution >= 0.6 is 0 Å². The summed E-state index contributed by atoms with van der Waals surface area (Å²) in [7, 11) is 0. The standard InChI is InChI=1S/C17H20N2O2/c20-17(18-7-8-19-9-11-21-12-10-19)16-6-5-14-3-1-2-4-15(14)13-16/h1-6,13H,7-12H2,(H,18,20)/p+1. The van der Waals surface area contributed by atoms with Crippen LogP contribution in [0.5, 0.6) is 0 Å². The van der Waals surface area contributed by atoms with Gasteiger partial charge in [-0.1, -0.05) is 30.3 Å². The van der Waals surface area contributed by atoms with Crippen LogP contribution < -0.4 is 10.2 Å². The van der Waals surface area contributed by atoms with Crippen LogP contribution in [0.1, 0.15) is 10.4 Å². The van der Waals surface area contributed by atoms with E-state index in [1.165, 1.54) is 4.90 Å². The molecule has 0 spiro atoms. The minimum Gasteiger partial charge on any atom is -0.370 e. The lowest BCUT2D eigenvalue weighted by Gasteiger charge is -2.23. The highest BCUT2D eigenvalue weighted by Crippen LogP contribution is 2.15. The topological polar surface area (TPSA) is 42.8 Å². The van der Waals surface area contributed by atoms with Crippen LogP contribution in [0.25, 0.3) is 10.8 Å². The molecule has 1 fully saturated rings. The van der Waals surface area contributed by atoms with Crippen LogP contribution in [0.2, 0.25) is 0 Å². The first-order valence-corrected chi connectivity index (χ1v) is 7.51. The summed E-state index contributed by atoms with van der Waals surface area (Å²) in [5, 5.41) is 5.27. The highest BCUT2D eigenvalue weighted by Gasteiger charge is 2.13. The molecular formula is C17H21N2O2+. The van der Waals surface area contributed by atoms with Crippen LogP contribution in [0, 0.1) is 0 Å². The number of fused-ring (bicyclic) bond motifs is 1. The zero-order valence-electron chi connectivity index (χ0n) is 12.1. The van der Waals surface area contributed by atoms with Gasteiger partial charge in [-0.05, 0) is 22.9 Å². The molecule has 0 aromatic heterocycles. The molecule has 2 aromatic rings. The van der Waals surface area contributed by atoms with Crippen molar-refractivity contribution in [2.75, 3.05) is 39.4 Å². The number of amides is 1. The monoisotopic (exact) mass is 285 g/mol. The lowest BCUT2D eigenvalue weighted by Crippen LogP contribution is -3.14. The normalized spacial score (nSPS) is 16.0. The summed E-state index contributed by atoms with van der Waals surface area (Å²) < 4.78 is 5.33. The van der Waals surface area contributed by atoms with Crippen molar-refractivity contribution in [1.29, 1.82) is 0 Å². The van der Waals surface area contributed by atoms with Gasteiger partial charge >= 0.3 is 0 Å². The van der Waals surface area contributed by atoms with Gasteiger partial charge in [0.2, 0.25) is 0 Å². The van der Waals surface area contributed by atoms with Crippen molar-refractivity contribution in [3.05, 3.63) is 48.0 Å². The van der Waals surface area contributed by atoms with Gasteiger partial charge in [0.05, 0.1) is 26.3 Å². The Labute approximate surface area is 124 Å². The molecule has 1 heterocycles. The predicted octanol–water partition coefficient (Wildman–Crippen LogP) is 0.485. The first kappa shape index (κ1) is 14.0. The third-order valence-corrected chi connectivity index (χ3v) is 3.98. The fraction of sp³-hybridized carbons (Fsp3) is 0.353. The van der Waals surface area contributed by atoms with E-state index in [-0.39, 0.29) is 5.91 Å². The maximum absolute atomic E-state index is 12.2. The van der Waals surface area contributed by atoms with Gasteiger partial charge in [-0.15, -0.1) is 0 Å². The lowest BCUT2D eigenvalue weighted by atomic mass is 10.1. The molecule has 0 bridgehead atoms. The van der Waals surface area contributed by atoms with E-state index in [1.54, 1.807) is 0 Å². The van der Waals surface area contributed by atoms with Crippen molar-refractivity contribution in [2.45, 2.75) is 0 Å². The summed E-state index contributed by atoms with van der Waals surface area (Å²) in [5.74, 6) is 0.00779. The summed E-state index contributed by atoms with van der Waals surface area (Å²) in [4.78, 5) is 13.7. The average molecular weight is 285 g/mol. The Morgan fingerprint density at radius 2 is 1.86 bits per heavy atom. The molecule has 0 unspecified atom stereocenters. The van der Waals surface area contributed by atoms with Gasteiger partial charge in [0.15, 0.2) is 0 Å². The first-order chi connectivity index (χ1) is 10.3.